The van der Waals surface area contributed by atoms with Crippen LogP contribution >= 0.6 is 0 Å². The fourth-order valence-corrected chi connectivity index (χ4v) is 0.429. The molecule has 0 saturated heterocycles. The molecule has 48 valence electrons. The molecule has 1 heteroatoms. The summed E-state index contributed by atoms with van der Waals surface area (Å²) in [5, 5.41) is 3.26. The zero-order valence-corrected chi connectivity index (χ0v) is 5.78. The normalized spacial score (nSPS) is 13.2. The van der Waals surface area contributed by atoms with Crippen LogP contribution in [0, 0.1) is 0 Å². The van der Waals surface area contributed by atoms with E-state index in [1.54, 1.807) is 0 Å². The van der Waals surface area contributed by atoms with Crippen LogP contribution < -0.4 is 5.32 Å². The molecule has 1 atom stereocenters. The van der Waals surface area contributed by atoms with E-state index < -0.39 is 0 Å². The van der Waals surface area contributed by atoms with Crippen molar-refractivity contribution in [2.75, 3.05) is 6.54 Å². The lowest BCUT2D eigenvalue weighted by molar-refractivity contribution is 0.567. The lowest BCUT2D eigenvalue weighted by Gasteiger charge is -2.06. The molecule has 0 aromatic rings. The van der Waals surface area contributed by atoms with Gasteiger partial charge in [0.2, 0.25) is 0 Å². The third-order valence-electron chi connectivity index (χ3n) is 1.22. The highest BCUT2D eigenvalue weighted by molar-refractivity contribution is 4.71. The Labute approximate surface area is 51.8 Å². The molecule has 0 fully saturated rings. The van der Waals surface area contributed by atoms with Crippen molar-refractivity contribution in [1.82, 2.24) is 5.32 Å². The Bertz CT molecular complexity index is 59.4. The first kappa shape index (κ1) is 7.70. The average molecular weight is 113 g/mol. The van der Waals surface area contributed by atoms with Gasteiger partial charge in [-0.15, -0.1) is 6.58 Å². The minimum atomic E-state index is 0.632. The fraction of sp³-hybridized carbons (Fsp3) is 0.714. The second-order valence-corrected chi connectivity index (χ2v) is 2.01. The lowest BCUT2D eigenvalue weighted by Crippen LogP contribution is -2.24. The summed E-state index contributed by atoms with van der Waals surface area (Å²) in [5.41, 5.74) is 0. The molecule has 1 N–H and O–H groups in total. The summed E-state index contributed by atoms with van der Waals surface area (Å²) < 4.78 is 0. The summed E-state index contributed by atoms with van der Waals surface area (Å²) >= 11 is 0. The molecule has 0 saturated carbocycles. The van der Waals surface area contributed by atoms with Crippen LogP contribution in [0.25, 0.3) is 0 Å². The van der Waals surface area contributed by atoms with Gasteiger partial charge in [-0.2, -0.15) is 0 Å². The summed E-state index contributed by atoms with van der Waals surface area (Å²) in [5.74, 6) is 0. The van der Waals surface area contributed by atoms with Crippen molar-refractivity contribution in [3.05, 3.63) is 12.7 Å². The van der Waals surface area contributed by atoms with Gasteiger partial charge in [-0.3, -0.25) is 0 Å². The van der Waals surface area contributed by atoms with E-state index >= 15 is 0 Å². The van der Waals surface area contributed by atoms with E-state index in [0.717, 1.165) is 6.54 Å². The van der Waals surface area contributed by atoms with Gasteiger partial charge < -0.3 is 5.32 Å². The van der Waals surface area contributed by atoms with Gasteiger partial charge in [0.05, 0.1) is 0 Å². The standard InChI is InChI=1S/C7H15N/c1-4-6-8-7(3)5-2/h4,7-8H,1,5-6H2,2-3H3. The van der Waals surface area contributed by atoms with Crippen molar-refractivity contribution < 1.29 is 0 Å². The lowest BCUT2D eigenvalue weighted by atomic mass is 10.3. The quantitative estimate of drug-likeness (QED) is 0.545. The molecule has 0 spiro atoms. The predicted octanol–water partition coefficient (Wildman–Crippen LogP) is 1.56. The van der Waals surface area contributed by atoms with Gasteiger partial charge >= 0.3 is 0 Å². The van der Waals surface area contributed by atoms with Gasteiger partial charge in [0, 0.05) is 12.6 Å². The first-order valence-corrected chi connectivity index (χ1v) is 3.15. The molecular weight excluding hydrogens is 98.1 g/mol. The van der Waals surface area contributed by atoms with Crippen LogP contribution in [0.15, 0.2) is 12.7 Å². The Balaban J connectivity index is 2.97. The Morgan fingerprint density at radius 1 is 1.75 bits per heavy atom. The Morgan fingerprint density at radius 2 is 2.38 bits per heavy atom. The van der Waals surface area contributed by atoms with Crippen molar-refractivity contribution in [3.63, 3.8) is 0 Å². The Hall–Kier alpha value is -0.300. The number of hydrogen-bond donors (Lipinski definition) is 1. The van der Waals surface area contributed by atoms with Crippen LogP contribution in [0.5, 0.6) is 0 Å². The van der Waals surface area contributed by atoms with E-state index in [1.165, 1.54) is 6.42 Å². The van der Waals surface area contributed by atoms with Crippen LogP contribution in [0.1, 0.15) is 20.3 Å². The summed E-state index contributed by atoms with van der Waals surface area (Å²) in [6.45, 7) is 8.87. The third kappa shape index (κ3) is 3.88. The summed E-state index contributed by atoms with van der Waals surface area (Å²) in [6, 6.07) is 0.632. The molecule has 0 heterocycles. The van der Waals surface area contributed by atoms with Gasteiger partial charge in [-0.05, 0) is 13.3 Å². The first-order chi connectivity index (χ1) is 3.81. The van der Waals surface area contributed by atoms with Crippen LogP contribution in [-0.2, 0) is 0 Å². The third-order valence-corrected chi connectivity index (χ3v) is 1.22. The SMILES string of the molecule is C=CCNC(C)CC. The van der Waals surface area contributed by atoms with Gasteiger partial charge in [0.25, 0.3) is 0 Å². The first-order valence-electron chi connectivity index (χ1n) is 3.15. The van der Waals surface area contributed by atoms with Crippen LogP contribution in [0.2, 0.25) is 0 Å². The molecular formula is C7H15N. The Kier molecular flexibility index (Phi) is 4.67. The van der Waals surface area contributed by atoms with Crippen LogP contribution in [-0.4, -0.2) is 12.6 Å². The fourth-order valence-electron chi connectivity index (χ4n) is 0.429. The van der Waals surface area contributed by atoms with E-state index in [-0.39, 0.29) is 0 Å². The molecule has 0 bridgehead atoms. The van der Waals surface area contributed by atoms with E-state index in [4.69, 9.17) is 0 Å². The maximum atomic E-state index is 3.60. The second kappa shape index (κ2) is 4.85. The highest BCUT2D eigenvalue weighted by Crippen LogP contribution is 1.85. The molecule has 0 aliphatic carbocycles. The average Bonchev–Trinajstić information content (AvgIpc) is 1.83. The molecule has 0 rings (SSSR count). The molecule has 8 heavy (non-hydrogen) atoms. The van der Waals surface area contributed by atoms with E-state index in [9.17, 15) is 0 Å². The van der Waals surface area contributed by atoms with Crippen molar-refractivity contribution in [2.24, 2.45) is 0 Å². The largest absolute Gasteiger partial charge is 0.311 e. The van der Waals surface area contributed by atoms with Crippen LogP contribution in [0.3, 0.4) is 0 Å². The van der Waals surface area contributed by atoms with Gasteiger partial charge in [0.1, 0.15) is 0 Å². The van der Waals surface area contributed by atoms with Gasteiger partial charge in [-0.25, -0.2) is 0 Å². The minimum absolute atomic E-state index is 0.632. The van der Waals surface area contributed by atoms with E-state index in [2.05, 4.69) is 25.7 Å². The summed E-state index contributed by atoms with van der Waals surface area (Å²) in [6.07, 6.45) is 3.07. The Morgan fingerprint density at radius 3 is 2.75 bits per heavy atom. The highest BCUT2D eigenvalue weighted by atomic mass is 14.9. The van der Waals surface area contributed by atoms with Gasteiger partial charge in [-0.1, -0.05) is 13.0 Å². The topological polar surface area (TPSA) is 12.0 Å². The number of rotatable bonds is 4. The maximum absolute atomic E-state index is 3.60. The van der Waals surface area contributed by atoms with Crippen molar-refractivity contribution in [2.45, 2.75) is 26.3 Å². The smallest absolute Gasteiger partial charge is 0.0134 e. The molecule has 0 radical (unpaired) electrons. The number of nitrogens with one attached hydrogen (secondary N) is 1. The summed E-state index contributed by atoms with van der Waals surface area (Å²) in [7, 11) is 0. The monoisotopic (exact) mass is 113 g/mol. The van der Waals surface area contributed by atoms with Crippen molar-refractivity contribution in [3.8, 4) is 0 Å². The summed E-state index contributed by atoms with van der Waals surface area (Å²) in [4.78, 5) is 0. The van der Waals surface area contributed by atoms with E-state index in [1.807, 2.05) is 6.08 Å². The predicted molar refractivity (Wildman–Crippen MR) is 38.0 cm³/mol. The molecule has 0 aromatic carbocycles. The zero-order chi connectivity index (χ0) is 6.41. The van der Waals surface area contributed by atoms with Crippen molar-refractivity contribution >= 4 is 0 Å². The second-order valence-electron chi connectivity index (χ2n) is 2.01. The molecule has 0 aliphatic rings. The van der Waals surface area contributed by atoms with E-state index in [0.29, 0.717) is 6.04 Å². The zero-order valence-electron chi connectivity index (χ0n) is 5.78. The molecule has 1 nitrogen and oxygen atoms in total. The number of hydrogen-bond acceptors (Lipinski definition) is 1. The molecule has 0 amide bonds. The minimum Gasteiger partial charge on any atom is -0.311 e. The van der Waals surface area contributed by atoms with Crippen LogP contribution in [0.4, 0.5) is 0 Å². The van der Waals surface area contributed by atoms with Gasteiger partial charge in [0.15, 0.2) is 0 Å². The maximum Gasteiger partial charge on any atom is 0.0134 e. The molecule has 0 aromatic heterocycles. The van der Waals surface area contributed by atoms with Crippen molar-refractivity contribution in [1.29, 1.82) is 0 Å². The molecule has 1 unspecified atom stereocenters. The highest BCUT2D eigenvalue weighted by Gasteiger charge is 1.91. The molecule has 0 aliphatic heterocycles.